The maximum Gasteiger partial charge on any atom is 0.320 e. The number of aliphatic carboxylic acids is 1. The van der Waals surface area contributed by atoms with Gasteiger partial charge in [-0.15, -0.1) is 0 Å². The lowest BCUT2D eigenvalue weighted by Gasteiger charge is -2.21. The maximum atomic E-state index is 10.9. The molecule has 1 heterocycles. The fourth-order valence-corrected chi connectivity index (χ4v) is 1.95. The minimum Gasteiger partial charge on any atom is -0.487 e. The van der Waals surface area contributed by atoms with Gasteiger partial charge in [0.2, 0.25) is 0 Å². The smallest absolute Gasteiger partial charge is 0.320 e. The van der Waals surface area contributed by atoms with Crippen molar-refractivity contribution in [2.24, 2.45) is 0 Å². The Labute approximate surface area is 130 Å². The van der Waals surface area contributed by atoms with Gasteiger partial charge in [-0.1, -0.05) is 18.2 Å². The number of likely N-dealkylation sites (N-methyl/N-ethyl adjacent to an activating group) is 1. The highest BCUT2D eigenvalue weighted by Crippen LogP contribution is 2.15. The summed E-state index contributed by atoms with van der Waals surface area (Å²) < 4.78 is 5.67. The molecular weight excluding hydrogens is 280 g/mol. The van der Waals surface area contributed by atoms with Crippen molar-refractivity contribution in [3.8, 4) is 5.75 Å². The number of carbonyl (C=O) groups is 1. The zero-order valence-corrected chi connectivity index (χ0v) is 12.8. The van der Waals surface area contributed by atoms with Crippen molar-refractivity contribution in [3.05, 3.63) is 59.9 Å². The van der Waals surface area contributed by atoms with E-state index in [9.17, 15) is 4.79 Å². The third kappa shape index (κ3) is 4.56. The van der Waals surface area contributed by atoms with Gasteiger partial charge in [-0.2, -0.15) is 0 Å². The Hall–Kier alpha value is -2.40. The van der Waals surface area contributed by atoms with Crippen LogP contribution in [-0.2, 0) is 17.9 Å². The third-order valence-corrected chi connectivity index (χ3v) is 3.49. The van der Waals surface area contributed by atoms with Crippen LogP contribution in [0.1, 0.15) is 18.2 Å². The molecule has 116 valence electrons. The van der Waals surface area contributed by atoms with E-state index in [1.165, 1.54) is 0 Å². The summed E-state index contributed by atoms with van der Waals surface area (Å²) in [5, 5.41) is 8.99. The molecule has 0 bridgehead atoms. The van der Waals surface area contributed by atoms with E-state index in [0.717, 1.165) is 17.0 Å². The fraction of sp³-hybridized carbons (Fsp3) is 0.294. The van der Waals surface area contributed by atoms with Gasteiger partial charge < -0.3 is 9.84 Å². The average molecular weight is 300 g/mol. The van der Waals surface area contributed by atoms with E-state index in [1.54, 1.807) is 25.1 Å². The molecule has 5 heteroatoms. The molecule has 5 nitrogen and oxygen atoms in total. The molecule has 1 aromatic carbocycles. The number of aromatic nitrogens is 1. The number of benzene rings is 1. The van der Waals surface area contributed by atoms with E-state index in [1.807, 2.05) is 42.5 Å². The Balaban J connectivity index is 1.89. The number of rotatable bonds is 7. The topological polar surface area (TPSA) is 62.7 Å². The lowest BCUT2D eigenvalue weighted by atomic mass is 10.2. The van der Waals surface area contributed by atoms with E-state index in [-0.39, 0.29) is 0 Å². The number of hydrogen-bond donors (Lipinski definition) is 1. The number of carboxylic acid groups (broad SMARTS) is 1. The maximum absolute atomic E-state index is 10.9. The van der Waals surface area contributed by atoms with Gasteiger partial charge in [0.25, 0.3) is 0 Å². The number of nitrogens with zero attached hydrogens (tertiary/aromatic N) is 2. The first-order valence-corrected chi connectivity index (χ1v) is 7.11. The lowest BCUT2D eigenvalue weighted by molar-refractivity contribution is -0.142. The van der Waals surface area contributed by atoms with Gasteiger partial charge in [0.15, 0.2) is 0 Å². The Morgan fingerprint density at radius 2 is 2.00 bits per heavy atom. The molecule has 0 aliphatic rings. The van der Waals surface area contributed by atoms with Crippen LogP contribution in [0.15, 0.2) is 48.7 Å². The molecule has 0 radical (unpaired) electrons. The van der Waals surface area contributed by atoms with Crippen LogP contribution in [0.4, 0.5) is 0 Å². The first-order chi connectivity index (χ1) is 10.6. The van der Waals surface area contributed by atoms with Crippen molar-refractivity contribution in [2.75, 3.05) is 7.05 Å². The Kier molecular flexibility index (Phi) is 5.49. The van der Waals surface area contributed by atoms with Gasteiger partial charge in [0.1, 0.15) is 18.4 Å². The molecule has 2 rings (SSSR count). The van der Waals surface area contributed by atoms with Crippen LogP contribution in [0.5, 0.6) is 5.75 Å². The first kappa shape index (κ1) is 16.0. The molecule has 0 saturated heterocycles. The highest BCUT2D eigenvalue weighted by atomic mass is 16.5. The predicted octanol–water partition coefficient (Wildman–Crippen LogP) is 2.57. The van der Waals surface area contributed by atoms with Crippen molar-refractivity contribution in [1.29, 1.82) is 0 Å². The highest BCUT2D eigenvalue weighted by Gasteiger charge is 2.16. The van der Waals surface area contributed by atoms with Crippen LogP contribution in [0.25, 0.3) is 0 Å². The van der Waals surface area contributed by atoms with Gasteiger partial charge in [-0.05, 0) is 43.8 Å². The van der Waals surface area contributed by atoms with Gasteiger partial charge in [-0.3, -0.25) is 14.7 Å². The number of hydrogen-bond acceptors (Lipinski definition) is 4. The van der Waals surface area contributed by atoms with Crippen molar-refractivity contribution in [1.82, 2.24) is 9.88 Å². The van der Waals surface area contributed by atoms with Crippen LogP contribution in [0.2, 0.25) is 0 Å². The molecule has 0 aliphatic heterocycles. The second-order valence-electron chi connectivity index (χ2n) is 5.18. The summed E-state index contributed by atoms with van der Waals surface area (Å²) in [6, 6.07) is 12.9. The quantitative estimate of drug-likeness (QED) is 0.851. The fourth-order valence-electron chi connectivity index (χ4n) is 1.95. The third-order valence-electron chi connectivity index (χ3n) is 3.49. The zero-order valence-electron chi connectivity index (χ0n) is 12.8. The summed E-state index contributed by atoms with van der Waals surface area (Å²) in [6.07, 6.45) is 1.74. The molecule has 1 N–H and O–H groups in total. The average Bonchev–Trinajstić information content (AvgIpc) is 2.54. The Morgan fingerprint density at radius 3 is 2.59 bits per heavy atom. The number of pyridine rings is 1. The normalized spacial score (nSPS) is 12.1. The number of ether oxygens (including phenoxy) is 1. The van der Waals surface area contributed by atoms with E-state index in [2.05, 4.69) is 4.98 Å². The summed E-state index contributed by atoms with van der Waals surface area (Å²) in [4.78, 5) is 16.9. The minimum absolute atomic E-state index is 0.427. The molecule has 0 amide bonds. The molecule has 1 aromatic heterocycles. The van der Waals surface area contributed by atoms with E-state index < -0.39 is 12.0 Å². The van der Waals surface area contributed by atoms with E-state index in [0.29, 0.717) is 13.2 Å². The molecule has 1 unspecified atom stereocenters. The standard InChI is InChI=1S/C17H20N2O3/c1-13(17(20)21)19(2)11-14-6-8-16(9-7-14)22-12-15-5-3-4-10-18-15/h3-10,13H,11-12H2,1-2H3,(H,20,21). The Morgan fingerprint density at radius 1 is 1.27 bits per heavy atom. The summed E-state index contributed by atoms with van der Waals surface area (Å²) in [6.45, 7) is 2.68. The van der Waals surface area contributed by atoms with Crippen molar-refractivity contribution in [3.63, 3.8) is 0 Å². The SMILES string of the molecule is CC(C(=O)O)N(C)Cc1ccc(OCc2ccccn2)cc1. The molecule has 2 aromatic rings. The van der Waals surface area contributed by atoms with Crippen molar-refractivity contribution >= 4 is 5.97 Å². The van der Waals surface area contributed by atoms with Gasteiger partial charge in [0.05, 0.1) is 5.69 Å². The molecule has 22 heavy (non-hydrogen) atoms. The summed E-state index contributed by atoms with van der Waals surface area (Å²) >= 11 is 0. The van der Waals surface area contributed by atoms with Crippen LogP contribution in [0, 0.1) is 0 Å². The van der Waals surface area contributed by atoms with Crippen LogP contribution in [0.3, 0.4) is 0 Å². The molecule has 0 spiro atoms. The summed E-state index contributed by atoms with van der Waals surface area (Å²) in [7, 11) is 1.80. The van der Waals surface area contributed by atoms with Gasteiger partial charge in [-0.25, -0.2) is 0 Å². The number of carboxylic acids is 1. The molecular formula is C17H20N2O3. The zero-order chi connectivity index (χ0) is 15.9. The van der Waals surface area contributed by atoms with Crippen LogP contribution < -0.4 is 4.74 Å². The first-order valence-electron chi connectivity index (χ1n) is 7.11. The molecule has 0 aliphatic carbocycles. The van der Waals surface area contributed by atoms with Gasteiger partial charge >= 0.3 is 5.97 Å². The second-order valence-corrected chi connectivity index (χ2v) is 5.18. The van der Waals surface area contributed by atoms with E-state index in [4.69, 9.17) is 9.84 Å². The van der Waals surface area contributed by atoms with Crippen molar-refractivity contribution in [2.45, 2.75) is 26.1 Å². The summed E-state index contributed by atoms with van der Waals surface area (Å²) in [5.74, 6) is -0.0545. The highest BCUT2D eigenvalue weighted by molar-refractivity contribution is 5.72. The Bertz CT molecular complexity index is 599. The molecule has 0 fully saturated rings. The lowest BCUT2D eigenvalue weighted by Crippen LogP contribution is -2.35. The van der Waals surface area contributed by atoms with E-state index >= 15 is 0 Å². The summed E-state index contributed by atoms with van der Waals surface area (Å²) in [5.41, 5.74) is 1.92. The minimum atomic E-state index is -0.821. The molecule has 0 saturated carbocycles. The monoisotopic (exact) mass is 300 g/mol. The van der Waals surface area contributed by atoms with Gasteiger partial charge in [0, 0.05) is 12.7 Å². The van der Waals surface area contributed by atoms with Crippen LogP contribution in [-0.4, -0.2) is 34.0 Å². The molecule has 1 atom stereocenters. The second kappa shape index (κ2) is 7.56. The predicted molar refractivity (Wildman–Crippen MR) is 83.6 cm³/mol. The van der Waals surface area contributed by atoms with Crippen molar-refractivity contribution < 1.29 is 14.6 Å². The largest absolute Gasteiger partial charge is 0.487 e. The van der Waals surface area contributed by atoms with Crippen LogP contribution >= 0.6 is 0 Å².